The predicted molar refractivity (Wildman–Crippen MR) is 97.1 cm³/mol. The zero-order valence-electron chi connectivity index (χ0n) is 13.3. The molecule has 0 unspecified atom stereocenters. The molecule has 0 radical (unpaired) electrons. The maximum atomic E-state index is 12.1. The minimum atomic E-state index is -0.513. The Bertz CT molecular complexity index is 751. The van der Waals surface area contributed by atoms with Crippen molar-refractivity contribution in [2.45, 2.75) is 23.8 Å². The first-order valence-electron chi connectivity index (χ1n) is 7.30. The van der Waals surface area contributed by atoms with Crippen LogP contribution in [0.1, 0.15) is 18.2 Å². The van der Waals surface area contributed by atoms with Gasteiger partial charge in [0.25, 0.3) is 0 Å². The fourth-order valence-corrected chi connectivity index (χ4v) is 4.16. The number of nitrogens with one attached hydrogen (secondary N) is 2. The molecule has 6 heteroatoms. The molecule has 1 aliphatic heterocycles. The van der Waals surface area contributed by atoms with Crippen molar-refractivity contribution in [2.24, 2.45) is 0 Å². The van der Waals surface area contributed by atoms with Gasteiger partial charge in [0.05, 0.1) is 12.0 Å². The molecule has 1 fully saturated rings. The molecule has 23 heavy (non-hydrogen) atoms. The third kappa shape index (κ3) is 3.01. The lowest BCUT2D eigenvalue weighted by Gasteiger charge is -2.38. The minimum Gasteiger partial charge on any atom is -0.345 e. The van der Waals surface area contributed by atoms with Gasteiger partial charge in [-0.1, -0.05) is 12.1 Å². The summed E-state index contributed by atoms with van der Waals surface area (Å²) in [7, 11) is 1.63. The van der Waals surface area contributed by atoms with E-state index < -0.39 is 5.54 Å². The van der Waals surface area contributed by atoms with Crippen molar-refractivity contribution in [3.63, 3.8) is 0 Å². The normalized spacial score (nSPS) is 21.4. The smallest absolute Gasteiger partial charge is 0.231 e. The van der Waals surface area contributed by atoms with Crippen LogP contribution in [0.25, 0.3) is 11.1 Å². The SMILES string of the molecule is CSc1cccc(-c2csc([C@]3(C)CC(=O)N(C)C(=N)N3)c2)c1. The first-order chi connectivity index (χ1) is 10.9. The maximum absolute atomic E-state index is 12.1. The van der Waals surface area contributed by atoms with Gasteiger partial charge in [-0.25, -0.2) is 0 Å². The standard InChI is InChI=1S/C17H19N3OS2/c1-17(9-15(21)20(2)16(18)19-17)14-8-12(10-23-14)11-5-4-6-13(7-11)22-3/h4-8,10H,9H2,1-3H3,(H2,18,19)/t17-/m0/s1. The van der Waals surface area contributed by atoms with Crippen LogP contribution >= 0.6 is 23.1 Å². The summed E-state index contributed by atoms with van der Waals surface area (Å²) in [5.41, 5.74) is 1.82. The summed E-state index contributed by atoms with van der Waals surface area (Å²) >= 11 is 3.36. The summed E-state index contributed by atoms with van der Waals surface area (Å²) in [6, 6.07) is 10.6. The number of guanidine groups is 1. The maximum Gasteiger partial charge on any atom is 0.231 e. The Balaban J connectivity index is 1.92. The van der Waals surface area contributed by atoms with Gasteiger partial charge in [-0.05, 0) is 47.9 Å². The van der Waals surface area contributed by atoms with E-state index in [2.05, 4.69) is 47.3 Å². The summed E-state index contributed by atoms with van der Waals surface area (Å²) < 4.78 is 0. The molecule has 1 aromatic heterocycles. The molecule has 0 aliphatic carbocycles. The van der Waals surface area contributed by atoms with Gasteiger partial charge < -0.3 is 5.32 Å². The van der Waals surface area contributed by atoms with Crippen molar-refractivity contribution in [1.29, 1.82) is 5.41 Å². The highest BCUT2D eigenvalue weighted by Crippen LogP contribution is 2.36. The summed E-state index contributed by atoms with van der Waals surface area (Å²) in [5, 5.41) is 13.2. The summed E-state index contributed by atoms with van der Waals surface area (Å²) in [5.74, 6) is 0.124. The topological polar surface area (TPSA) is 56.2 Å². The van der Waals surface area contributed by atoms with Crippen LogP contribution in [-0.4, -0.2) is 30.1 Å². The minimum absolute atomic E-state index is 0.0319. The molecule has 3 rings (SSSR count). The number of thioether (sulfide) groups is 1. The molecule has 1 saturated heterocycles. The second kappa shape index (κ2) is 6.02. The molecule has 1 amide bonds. The number of thiophene rings is 1. The Morgan fingerprint density at radius 1 is 1.35 bits per heavy atom. The highest BCUT2D eigenvalue weighted by molar-refractivity contribution is 7.98. The summed E-state index contributed by atoms with van der Waals surface area (Å²) in [4.78, 5) is 15.8. The summed E-state index contributed by atoms with van der Waals surface area (Å²) in [6.45, 7) is 1.99. The van der Waals surface area contributed by atoms with Crippen LogP contribution in [0.2, 0.25) is 0 Å². The van der Waals surface area contributed by atoms with Crippen LogP contribution in [0.5, 0.6) is 0 Å². The van der Waals surface area contributed by atoms with Crippen LogP contribution < -0.4 is 5.32 Å². The van der Waals surface area contributed by atoms with Crippen molar-refractivity contribution in [2.75, 3.05) is 13.3 Å². The van der Waals surface area contributed by atoms with Crippen molar-refractivity contribution in [3.8, 4) is 11.1 Å². The van der Waals surface area contributed by atoms with Gasteiger partial charge in [0.1, 0.15) is 0 Å². The molecular weight excluding hydrogens is 326 g/mol. The van der Waals surface area contributed by atoms with Crippen molar-refractivity contribution in [3.05, 3.63) is 40.6 Å². The quantitative estimate of drug-likeness (QED) is 0.833. The summed E-state index contributed by atoms with van der Waals surface area (Å²) in [6.07, 6.45) is 2.43. The number of carbonyl (C=O) groups is 1. The molecule has 2 aromatic rings. The molecule has 0 saturated carbocycles. The van der Waals surface area contributed by atoms with E-state index >= 15 is 0 Å². The number of amides is 1. The Morgan fingerprint density at radius 3 is 2.83 bits per heavy atom. The molecule has 0 spiro atoms. The molecule has 1 aliphatic rings. The number of nitrogens with zero attached hydrogens (tertiary/aromatic N) is 1. The number of benzene rings is 1. The van der Waals surface area contributed by atoms with E-state index in [-0.39, 0.29) is 11.9 Å². The van der Waals surface area contributed by atoms with Gasteiger partial charge in [0.15, 0.2) is 5.96 Å². The Labute approximate surface area is 144 Å². The van der Waals surface area contributed by atoms with Gasteiger partial charge in [0, 0.05) is 16.8 Å². The molecule has 4 nitrogen and oxygen atoms in total. The van der Waals surface area contributed by atoms with E-state index in [1.54, 1.807) is 30.1 Å². The molecule has 120 valence electrons. The van der Waals surface area contributed by atoms with E-state index in [4.69, 9.17) is 5.41 Å². The first-order valence-corrected chi connectivity index (χ1v) is 9.40. The van der Waals surface area contributed by atoms with E-state index in [0.29, 0.717) is 6.42 Å². The lowest BCUT2D eigenvalue weighted by molar-refractivity contribution is -0.129. The third-order valence-electron chi connectivity index (χ3n) is 4.15. The van der Waals surface area contributed by atoms with Gasteiger partial charge in [-0.2, -0.15) is 0 Å². The Kier molecular flexibility index (Phi) is 4.21. The largest absolute Gasteiger partial charge is 0.345 e. The molecular formula is C17H19N3OS2. The zero-order chi connectivity index (χ0) is 16.6. The van der Waals surface area contributed by atoms with Crippen molar-refractivity contribution < 1.29 is 4.79 Å². The Morgan fingerprint density at radius 2 is 2.13 bits per heavy atom. The number of hydrogen-bond donors (Lipinski definition) is 2. The van der Waals surface area contributed by atoms with Crippen LogP contribution in [0.4, 0.5) is 0 Å². The van der Waals surface area contributed by atoms with Gasteiger partial charge in [-0.3, -0.25) is 15.1 Å². The molecule has 2 heterocycles. The number of rotatable bonds is 3. The highest BCUT2D eigenvalue weighted by atomic mass is 32.2. The molecule has 1 atom stereocenters. The lowest BCUT2D eigenvalue weighted by atomic mass is 9.92. The van der Waals surface area contributed by atoms with Crippen molar-refractivity contribution >= 4 is 35.0 Å². The second-order valence-corrected chi connectivity index (χ2v) is 7.66. The molecule has 2 N–H and O–H groups in total. The zero-order valence-corrected chi connectivity index (χ0v) is 15.0. The van der Waals surface area contributed by atoms with Crippen LogP contribution in [0, 0.1) is 5.41 Å². The van der Waals surface area contributed by atoms with Gasteiger partial charge in [0.2, 0.25) is 5.91 Å². The number of hydrogen-bond acceptors (Lipinski definition) is 4. The van der Waals surface area contributed by atoms with E-state index in [0.717, 1.165) is 10.4 Å². The average Bonchev–Trinajstić information content (AvgIpc) is 3.03. The molecule has 1 aromatic carbocycles. The highest BCUT2D eigenvalue weighted by Gasteiger charge is 2.38. The van der Waals surface area contributed by atoms with Crippen LogP contribution in [0.3, 0.4) is 0 Å². The fourth-order valence-electron chi connectivity index (χ4n) is 2.66. The van der Waals surface area contributed by atoms with Crippen LogP contribution in [-0.2, 0) is 10.3 Å². The molecule has 0 bridgehead atoms. The third-order valence-corrected chi connectivity index (χ3v) is 6.07. The lowest BCUT2D eigenvalue weighted by Crippen LogP contribution is -2.57. The monoisotopic (exact) mass is 345 g/mol. The van der Waals surface area contributed by atoms with E-state index in [1.807, 2.05) is 6.92 Å². The van der Waals surface area contributed by atoms with Gasteiger partial charge in [-0.15, -0.1) is 23.1 Å². The second-order valence-electron chi connectivity index (χ2n) is 5.87. The van der Waals surface area contributed by atoms with Crippen molar-refractivity contribution in [1.82, 2.24) is 10.2 Å². The van der Waals surface area contributed by atoms with Gasteiger partial charge >= 0.3 is 0 Å². The average molecular weight is 345 g/mol. The van der Waals surface area contributed by atoms with E-state index in [9.17, 15) is 4.79 Å². The first kappa shape index (κ1) is 16.1. The van der Waals surface area contributed by atoms with Crippen LogP contribution in [0.15, 0.2) is 40.6 Å². The fraction of sp³-hybridized carbons (Fsp3) is 0.294. The predicted octanol–water partition coefficient (Wildman–Crippen LogP) is 3.74. The van der Waals surface area contributed by atoms with E-state index in [1.165, 1.54) is 15.4 Å². The Hall–Kier alpha value is -1.79. The number of carbonyl (C=O) groups excluding carboxylic acids is 1.